The molecule has 1 aliphatic rings. The Morgan fingerprint density at radius 3 is 2.27 bits per heavy atom. The molecular weight excluding hydrogens is 222 g/mol. The summed E-state index contributed by atoms with van der Waals surface area (Å²) in [5.74, 6) is 1.05. The molecular formula is C8H18BrNS. The van der Waals surface area contributed by atoms with Gasteiger partial charge in [-0.05, 0) is 5.75 Å². The average Bonchev–Trinajstić information content (AvgIpc) is 2.33. The number of halogens is 1. The van der Waals surface area contributed by atoms with Crippen LogP contribution in [0, 0.1) is 0 Å². The van der Waals surface area contributed by atoms with Crippen molar-refractivity contribution in [3.63, 3.8) is 0 Å². The van der Waals surface area contributed by atoms with Gasteiger partial charge in [0.1, 0.15) is 0 Å². The lowest BCUT2D eigenvalue weighted by atomic mass is 10.4. The van der Waals surface area contributed by atoms with Crippen molar-refractivity contribution in [2.24, 2.45) is 0 Å². The molecule has 11 heavy (non-hydrogen) atoms. The van der Waals surface area contributed by atoms with Crippen molar-refractivity contribution in [1.29, 1.82) is 0 Å². The summed E-state index contributed by atoms with van der Waals surface area (Å²) in [6, 6.07) is 0. The molecule has 3 heteroatoms. The number of nitrogens with zero attached hydrogens (tertiary/aromatic N) is 1. The highest BCUT2D eigenvalue weighted by atomic mass is 79.9. The van der Waals surface area contributed by atoms with E-state index in [9.17, 15) is 0 Å². The second kappa shape index (κ2) is 5.44. The summed E-state index contributed by atoms with van der Waals surface area (Å²) in [6.45, 7) is 4.13. The molecule has 1 saturated heterocycles. The smallest absolute Gasteiger partial charge is 0.0792 e. The summed E-state index contributed by atoms with van der Waals surface area (Å²) < 4.78 is 1.31. The molecule has 1 heterocycles. The first-order chi connectivity index (χ1) is 4.77. The van der Waals surface area contributed by atoms with Gasteiger partial charge in [-0.2, -0.15) is 12.6 Å². The van der Waals surface area contributed by atoms with E-state index in [1.54, 1.807) is 0 Å². The Kier molecular flexibility index (Phi) is 5.83. The minimum absolute atomic E-state index is 0. The second-order valence-corrected chi connectivity index (χ2v) is 4.02. The van der Waals surface area contributed by atoms with E-state index >= 15 is 0 Å². The maximum Gasteiger partial charge on any atom is 0.0792 e. The molecule has 0 spiro atoms. The van der Waals surface area contributed by atoms with Crippen molar-refractivity contribution in [3.8, 4) is 0 Å². The van der Waals surface area contributed by atoms with Crippen molar-refractivity contribution >= 4 is 12.6 Å². The maximum atomic E-state index is 4.22. The van der Waals surface area contributed by atoms with Gasteiger partial charge in [0.05, 0.1) is 26.7 Å². The van der Waals surface area contributed by atoms with Gasteiger partial charge >= 0.3 is 0 Å². The van der Waals surface area contributed by atoms with Crippen LogP contribution in [0.1, 0.15) is 19.3 Å². The summed E-state index contributed by atoms with van der Waals surface area (Å²) in [4.78, 5) is 0. The minimum atomic E-state index is 0. The Balaban J connectivity index is 0.000001000. The molecule has 1 rings (SSSR count). The van der Waals surface area contributed by atoms with Gasteiger partial charge in [-0.3, -0.25) is 0 Å². The van der Waals surface area contributed by atoms with Crippen LogP contribution in [0.25, 0.3) is 0 Å². The van der Waals surface area contributed by atoms with E-state index in [1.807, 2.05) is 0 Å². The Labute approximate surface area is 85.9 Å². The number of likely N-dealkylation sites (tertiary alicyclic amines) is 1. The molecule has 0 aromatic rings. The van der Waals surface area contributed by atoms with Crippen molar-refractivity contribution in [1.82, 2.24) is 0 Å². The zero-order chi connectivity index (χ0) is 7.45. The molecule has 0 radical (unpaired) electrons. The molecule has 68 valence electrons. The van der Waals surface area contributed by atoms with Crippen LogP contribution in [-0.4, -0.2) is 36.9 Å². The maximum absolute atomic E-state index is 4.22. The summed E-state index contributed by atoms with van der Waals surface area (Å²) >= 11 is 4.22. The Morgan fingerprint density at radius 2 is 1.82 bits per heavy atom. The van der Waals surface area contributed by atoms with Crippen LogP contribution in [0.3, 0.4) is 0 Å². The average molecular weight is 240 g/mol. The molecule has 0 aromatic heterocycles. The van der Waals surface area contributed by atoms with E-state index in [0.29, 0.717) is 0 Å². The molecule has 0 unspecified atom stereocenters. The van der Waals surface area contributed by atoms with Crippen LogP contribution < -0.4 is 17.0 Å². The van der Waals surface area contributed by atoms with Gasteiger partial charge in [0.15, 0.2) is 0 Å². The molecule has 1 fully saturated rings. The molecule has 0 aliphatic carbocycles. The summed E-state index contributed by atoms with van der Waals surface area (Å²) in [5.41, 5.74) is 0. The summed E-state index contributed by atoms with van der Waals surface area (Å²) in [5, 5.41) is 0. The Bertz CT molecular complexity index is 102. The number of rotatable bonds is 3. The van der Waals surface area contributed by atoms with E-state index in [1.165, 1.54) is 43.4 Å². The monoisotopic (exact) mass is 239 g/mol. The summed E-state index contributed by atoms with van der Waals surface area (Å²) in [7, 11) is 2.37. The second-order valence-electron chi connectivity index (χ2n) is 3.57. The normalized spacial score (nSPS) is 21.3. The lowest BCUT2D eigenvalue weighted by Crippen LogP contribution is -3.00. The predicted octanol–water partition coefficient (Wildman–Crippen LogP) is -1.45. The van der Waals surface area contributed by atoms with E-state index < -0.39 is 0 Å². The van der Waals surface area contributed by atoms with Gasteiger partial charge in [-0.1, -0.05) is 0 Å². The van der Waals surface area contributed by atoms with E-state index in [4.69, 9.17) is 0 Å². The molecule has 1 aliphatic heterocycles. The topological polar surface area (TPSA) is 0 Å². The molecule has 0 saturated carbocycles. The standard InChI is InChI=1S/C8H17NS.BrH/c1-9(7-4-8-10)5-2-3-6-9;/h2-8H2,1H3;1H. The summed E-state index contributed by atoms with van der Waals surface area (Å²) in [6.07, 6.45) is 4.14. The minimum Gasteiger partial charge on any atom is -1.00 e. The van der Waals surface area contributed by atoms with Crippen molar-refractivity contribution < 1.29 is 21.5 Å². The van der Waals surface area contributed by atoms with Crippen LogP contribution >= 0.6 is 12.6 Å². The van der Waals surface area contributed by atoms with Crippen molar-refractivity contribution in [2.75, 3.05) is 32.4 Å². The molecule has 0 atom stereocenters. The first-order valence-corrected chi connectivity index (χ1v) is 4.84. The highest BCUT2D eigenvalue weighted by molar-refractivity contribution is 7.80. The third-order valence-corrected chi connectivity index (χ3v) is 2.82. The first-order valence-electron chi connectivity index (χ1n) is 4.21. The largest absolute Gasteiger partial charge is 1.00 e. The lowest BCUT2D eigenvalue weighted by molar-refractivity contribution is -0.897. The van der Waals surface area contributed by atoms with E-state index in [0.717, 1.165) is 5.75 Å². The fourth-order valence-corrected chi connectivity index (χ4v) is 1.92. The highest BCUT2D eigenvalue weighted by Gasteiger charge is 2.25. The van der Waals surface area contributed by atoms with Crippen LogP contribution in [0.2, 0.25) is 0 Å². The van der Waals surface area contributed by atoms with Crippen LogP contribution in [0.15, 0.2) is 0 Å². The number of hydrogen-bond donors (Lipinski definition) is 1. The van der Waals surface area contributed by atoms with Crippen LogP contribution in [-0.2, 0) is 0 Å². The third kappa shape index (κ3) is 3.81. The molecule has 0 aromatic carbocycles. The van der Waals surface area contributed by atoms with Gasteiger partial charge in [0.25, 0.3) is 0 Å². The van der Waals surface area contributed by atoms with Gasteiger partial charge in [-0.15, -0.1) is 0 Å². The van der Waals surface area contributed by atoms with Crippen molar-refractivity contribution in [3.05, 3.63) is 0 Å². The van der Waals surface area contributed by atoms with Crippen LogP contribution in [0.5, 0.6) is 0 Å². The zero-order valence-corrected chi connectivity index (χ0v) is 9.70. The van der Waals surface area contributed by atoms with Gasteiger partial charge in [0, 0.05) is 19.3 Å². The fraction of sp³-hybridized carbons (Fsp3) is 1.00. The van der Waals surface area contributed by atoms with Gasteiger partial charge < -0.3 is 21.5 Å². The van der Waals surface area contributed by atoms with E-state index in [-0.39, 0.29) is 17.0 Å². The number of thiol groups is 1. The lowest BCUT2D eigenvalue weighted by Gasteiger charge is -2.28. The number of quaternary nitrogens is 1. The van der Waals surface area contributed by atoms with Gasteiger partial charge in [0.2, 0.25) is 0 Å². The van der Waals surface area contributed by atoms with Crippen LogP contribution in [0.4, 0.5) is 0 Å². The third-order valence-electron chi connectivity index (χ3n) is 2.50. The Hall–Kier alpha value is 0.790. The predicted molar refractivity (Wildman–Crippen MR) is 48.5 cm³/mol. The molecule has 0 amide bonds. The number of hydrogen-bond acceptors (Lipinski definition) is 1. The SMILES string of the molecule is C[N+]1(CCCS)CCCC1.[Br-]. The quantitative estimate of drug-likeness (QED) is 0.453. The van der Waals surface area contributed by atoms with E-state index in [2.05, 4.69) is 19.7 Å². The molecule has 0 N–H and O–H groups in total. The fourth-order valence-electron chi connectivity index (χ4n) is 1.77. The van der Waals surface area contributed by atoms with Crippen molar-refractivity contribution in [2.45, 2.75) is 19.3 Å². The molecule has 0 bridgehead atoms. The zero-order valence-electron chi connectivity index (χ0n) is 7.22. The first kappa shape index (κ1) is 11.8. The van der Waals surface area contributed by atoms with Gasteiger partial charge in [-0.25, -0.2) is 0 Å². The Morgan fingerprint density at radius 1 is 1.27 bits per heavy atom. The molecule has 1 nitrogen and oxygen atoms in total. The highest BCUT2D eigenvalue weighted by Crippen LogP contribution is 2.16.